The quantitative estimate of drug-likeness (QED) is 0.695. The highest BCUT2D eigenvalue weighted by Crippen LogP contribution is 2.01. The van der Waals surface area contributed by atoms with Crippen LogP contribution in [0.2, 0.25) is 0 Å². The van der Waals surface area contributed by atoms with Crippen molar-refractivity contribution in [2.24, 2.45) is 0 Å². The van der Waals surface area contributed by atoms with Crippen LogP contribution < -0.4 is 5.32 Å². The molecule has 0 fully saturated rings. The zero-order chi connectivity index (χ0) is 10.2. The Labute approximate surface area is 85.3 Å². The van der Waals surface area contributed by atoms with Gasteiger partial charge in [0.25, 0.3) is 0 Å². The summed E-state index contributed by atoms with van der Waals surface area (Å²) in [6.07, 6.45) is 2.16. The number of benzene rings is 1. The molecule has 0 heterocycles. The number of carbonyl (C=O) groups is 1. The Kier molecular flexibility index (Phi) is 4.94. The molecule has 2 heteroatoms. The lowest BCUT2D eigenvalue weighted by molar-refractivity contribution is -0.116. The van der Waals surface area contributed by atoms with Gasteiger partial charge in [-0.2, -0.15) is 0 Å². The van der Waals surface area contributed by atoms with Crippen LogP contribution in [-0.2, 0) is 11.2 Å². The molecule has 0 bridgehead atoms. The minimum Gasteiger partial charge on any atom is -0.310 e. The van der Waals surface area contributed by atoms with E-state index in [0.717, 1.165) is 19.4 Å². The van der Waals surface area contributed by atoms with Gasteiger partial charge in [0.1, 0.15) is 5.78 Å². The van der Waals surface area contributed by atoms with Crippen LogP contribution in [-0.4, -0.2) is 18.9 Å². The number of aryl methyl sites for hydroxylation is 1. The van der Waals surface area contributed by atoms with E-state index in [1.807, 2.05) is 6.07 Å². The Morgan fingerprint density at radius 1 is 1.29 bits per heavy atom. The lowest BCUT2D eigenvalue weighted by Gasteiger charge is -2.02. The van der Waals surface area contributed by atoms with Gasteiger partial charge >= 0.3 is 0 Å². The molecule has 14 heavy (non-hydrogen) atoms. The molecule has 0 atom stereocenters. The minimum atomic E-state index is 0.199. The fourth-order valence-corrected chi connectivity index (χ4v) is 1.33. The standard InChI is InChI=1S/C12H17NO/c1-11(14)10-13-9-5-8-12-6-3-2-4-7-12/h2-4,6-7,13H,5,8-10H2,1H3. The van der Waals surface area contributed by atoms with Crippen LogP contribution in [0.15, 0.2) is 30.3 Å². The number of hydrogen-bond acceptors (Lipinski definition) is 2. The second-order valence-electron chi connectivity index (χ2n) is 3.47. The van der Waals surface area contributed by atoms with Gasteiger partial charge in [-0.15, -0.1) is 0 Å². The molecular formula is C12H17NO. The van der Waals surface area contributed by atoms with Crippen LogP contribution in [0.25, 0.3) is 0 Å². The molecule has 2 nitrogen and oxygen atoms in total. The van der Waals surface area contributed by atoms with E-state index in [0.29, 0.717) is 6.54 Å². The number of rotatable bonds is 6. The molecule has 0 aliphatic carbocycles. The van der Waals surface area contributed by atoms with E-state index in [9.17, 15) is 4.79 Å². The van der Waals surface area contributed by atoms with Crippen molar-refractivity contribution in [1.82, 2.24) is 5.32 Å². The first-order valence-corrected chi connectivity index (χ1v) is 5.03. The summed E-state index contributed by atoms with van der Waals surface area (Å²) in [6.45, 7) is 3.01. The van der Waals surface area contributed by atoms with Crippen LogP contribution in [0, 0.1) is 0 Å². The maximum Gasteiger partial charge on any atom is 0.143 e. The molecular weight excluding hydrogens is 174 g/mol. The SMILES string of the molecule is CC(=O)CNCCCc1ccccc1. The van der Waals surface area contributed by atoms with E-state index in [1.165, 1.54) is 5.56 Å². The van der Waals surface area contributed by atoms with Crippen molar-refractivity contribution in [2.75, 3.05) is 13.1 Å². The summed E-state index contributed by atoms with van der Waals surface area (Å²) in [5, 5.41) is 3.11. The van der Waals surface area contributed by atoms with Gasteiger partial charge in [-0.25, -0.2) is 0 Å². The van der Waals surface area contributed by atoms with Crippen molar-refractivity contribution in [3.63, 3.8) is 0 Å². The zero-order valence-electron chi connectivity index (χ0n) is 8.62. The van der Waals surface area contributed by atoms with Gasteiger partial charge in [0.15, 0.2) is 0 Å². The van der Waals surface area contributed by atoms with Gasteiger partial charge in [-0.05, 0) is 31.9 Å². The monoisotopic (exact) mass is 191 g/mol. The first-order chi connectivity index (χ1) is 6.79. The van der Waals surface area contributed by atoms with Crippen LogP contribution in [0.1, 0.15) is 18.9 Å². The molecule has 0 saturated heterocycles. The summed E-state index contributed by atoms with van der Waals surface area (Å²) in [7, 11) is 0. The molecule has 1 N–H and O–H groups in total. The number of hydrogen-bond donors (Lipinski definition) is 1. The lowest BCUT2D eigenvalue weighted by Crippen LogP contribution is -2.22. The number of Topliss-reactive ketones (excluding diaryl/α,β-unsaturated/α-hetero) is 1. The lowest BCUT2D eigenvalue weighted by atomic mass is 10.1. The van der Waals surface area contributed by atoms with Crippen molar-refractivity contribution < 1.29 is 4.79 Å². The molecule has 0 unspecified atom stereocenters. The Bertz CT molecular complexity index is 269. The average Bonchev–Trinajstić information content (AvgIpc) is 2.18. The highest BCUT2D eigenvalue weighted by molar-refractivity contribution is 5.77. The third-order valence-corrected chi connectivity index (χ3v) is 2.04. The number of nitrogens with one attached hydrogen (secondary N) is 1. The fraction of sp³-hybridized carbons (Fsp3) is 0.417. The second-order valence-corrected chi connectivity index (χ2v) is 3.47. The van der Waals surface area contributed by atoms with E-state index >= 15 is 0 Å². The van der Waals surface area contributed by atoms with E-state index in [2.05, 4.69) is 29.6 Å². The normalized spacial score (nSPS) is 10.1. The smallest absolute Gasteiger partial charge is 0.143 e. The summed E-state index contributed by atoms with van der Waals surface area (Å²) in [4.78, 5) is 10.6. The van der Waals surface area contributed by atoms with E-state index in [-0.39, 0.29) is 5.78 Å². The van der Waals surface area contributed by atoms with Gasteiger partial charge < -0.3 is 5.32 Å². The molecule has 0 amide bonds. The van der Waals surface area contributed by atoms with E-state index in [1.54, 1.807) is 6.92 Å². The Morgan fingerprint density at radius 3 is 2.64 bits per heavy atom. The summed E-state index contributed by atoms with van der Waals surface area (Å²) in [6, 6.07) is 10.4. The molecule has 0 spiro atoms. The minimum absolute atomic E-state index is 0.199. The first kappa shape index (κ1) is 10.9. The summed E-state index contributed by atoms with van der Waals surface area (Å²) in [5.41, 5.74) is 1.36. The number of ketones is 1. The third kappa shape index (κ3) is 4.77. The second kappa shape index (κ2) is 6.33. The van der Waals surface area contributed by atoms with E-state index < -0.39 is 0 Å². The Hall–Kier alpha value is -1.15. The molecule has 1 rings (SSSR count). The zero-order valence-corrected chi connectivity index (χ0v) is 8.62. The van der Waals surface area contributed by atoms with Crippen molar-refractivity contribution in [2.45, 2.75) is 19.8 Å². The average molecular weight is 191 g/mol. The largest absolute Gasteiger partial charge is 0.310 e. The highest BCUT2D eigenvalue weighted by Gasteiger charge is 1.93. The maximum atomic E-state index is 10.6. The van der Waals surface area contributed by atoms with Gasteiger partial charge in [0.05, 0.1) is 6.54 Å². The van der Waals surface area contributed by atoms with Crippen molar-refractivity contribution >= 4 is 5.78 Å². The fourth-order valence-electron chi connectivity index (χ4n) is 1.33. The summed E-state index contributed by atoms with van der Waals surface area (Å²) in [5.74, 6) is 0.199. The van der Waals surface area contributed by atoms with Crippen molar-refractivity contribution in [3.05, 3.63) is 35.9 Å². The van der Waals surface area contributed by atoms with Crippen LogP contribution in [0.5, 0.6) is 0 Å². The third-order valence-electron chi connectivity index (χ3n) is 2.04. The van der Waals surface area contributed by atoms with Crippen LogP contribution in [0.4, 0.5) is 0 Å². The summed E-state index contributed by atoms with van der Waals surface area (Å²) < 4.78 is 0. The van der Waals surface area contributed by atoms with Crippen LogP contribution in [0.3, 0.4) is 0 Å². The van der Waals surface area contributed by atoms with Crippen molar-refractivity contribution in [3.8, 4) is 0 Å². The predicted molar refractivity (Wildman–Crippen MR) is 58.3 cm³/mol. The molecule has 0 aliphatic heterocycles. The van der Waals surface area contributed by atoms with E-state index in [4.69, 9.17) is 0 Å². The predicted octanol–water partition coefficient (Wildman–Crippen LogP) is 1.80. The molecule has 0 radical (unpaired) electrons. The van der Waals surface area contributed by atoms with Crippen LogP contribution >= 0.6 is 0 Å². The van der Waals surface area contributed by atoms with Crippen molar-refractivity contribution in [1.29, 1.82) is 0 Å². The molecule has 0 saturated carbocycles. The number of carbonyl (C=O) groups excluding carboxylic acids is 1. The highest BCUT2D eigenvalue weighted by atomic mass is 16.1. The van der Waals surface area contributed by atoms with Gasteiger partial charge in [-0.3, -0.25) is 4.79 Å². The van der Waals surface area contributed by atoms with Gasteiger partial charge in [0.2, 0.25) is 0 Å². The Morgan fingerprint density at radius 2 is 2.00 bits per heavy atom. The maximum absolute atomic E-state index is 10.6. The molecule has 76 valence electrons. The summed E-state index contributed by atoms with van der Waals surface area (Å²) >= 11 is 0. The Balaban J connectivity index is 2.08. The molecule has 0 aliphatic rings. The van der Waals surface area contributed by atoms with Gasteiger partial charge in [0, 0.05) is 0 Å². The first-order valence-electron chi connectivity index (χ1n) is 5.03. The molecule has 1 aromatic rings. The van der Waals surface area contributed by atoms with Gasteiger partial charge in [-0.1, -0.05) is 30.3 Å². The topological polar surface area (TPSA) is 29.1 Å². The molecule has 0 aromatic heterocycles. The molecule has 1 aromatic carbocycles.